The van der Waals surface area contributed by atoms with E-state index in [4.69, 9.17) is 17.0 Å². The van der Waals surface area contributed by atoms with Crippen molar-refractivity contribution in [3.05, 3.63) is 42.0 Å². The summed E-state index contributed by atoms with van der Waals surface area (Å²) in [5.74, 6) is 0.864. The molecule has 0 radical (unpaired) electrons. The first-order chi connectivity index (χ1) is 8.13. The number of hydrogen-bond acceptors (Lipinski definition) is 2. The van der Waals surface area contributed by atoms with Crippen LogP contribution in [0.1, 0.15) is 12.5 Å². The van der Waals surface area contributed by atoms with Crippen LogP contribution < -0.4 is 15.4 Å². The van der Waals surface area contributed by atoms with Crippen LogP contribution in [0.5, 0.6) is 5.75 Å². The van der Waals surface area contributed by atoms with E-state index in [1.165, 1.54) is 0 Å². The van der Waals surface area contributed by atoms with E-state index < -0.39 is 0 Å². The van der Waals surface area contributed by atoms with Gasteiger partial charge in [0.05, 0.1) is 7.11 Å². The first kappa shape index (κ1) is 13.5. The van der Waals surface area contributed by atoms with Crippen molar-refractivity contribution in [1.29, 1.82) is 0 Å². The van der Waals surface area contributed by atoms with Crippen LogP contribution in [0.2, 0.25) is 0 Å². The summed E-state index contributed by atoms with van der Waals surface area (Å²) < 4.78 is 5.26. The predicted molar refractivity (Wildman–Crippen MR) is 75.2 cm³/mol. The van der Waals surface area contributed by atoms with Crippen LogP contribution in [-0.2, 0) is 6.54 Å². The average Bonchev–Trinajstić information content (AvgIpc) is 2.34. The topological polar surface area (TPSA) is 33.3 Å². The maximum Gasteiger partial charge on any atom is 0.166 e. The number of rotatable bonds is 5. The summed E-state index contributed by atoms with van der Waals surface area (Å²) in [6, 6.07) is 7.86. The standard InChI is InChI=1S/C13H18N2OS/c1-10(2)8-14-13(17)15-9-11-6-4-5-7-12(11)16-3/h4-7H,1,8-9H2,2-3H3,(H2,14,15,17). The maximum absolute atomic E-state index is 5.26. The quantitative estimate of drug-likeness (QED) is 0.620. The molecule has 2 N–H and O–H groups in total. The molecule has 0 atom stereocenters. The molecule has 3 nitrogen and oxygen atoms in total. The minimum Gasteiger partial charge on any atom is -0.496 e. The number of methoxy groups -OCH3 is 1. The summed E-state index contributed by atoms with van der Waals surface area (Å²) in [4.78, 5) is 0. The highest BCUT2D eigenvalue weighted by molar-refractivity contribution is 7.80. The molecule has 0 bridgehead atoms. The molecule has 92 valence electrons. The number of nitrogens with one attached hydrogen (secondary N) is 2. The Balaban J connectivity index is 2.44. The van der Waals surface area contributed by atoms with Gasteiger partial charge in [-0.1, -0.05) is 30.4 Å². The third kappa shape index (κ3) is 4.87. The molecule has 0 heterocycles. The Morgan fingerprint density at radius 1 is 1.35 bits per heavy atom. The molecule has 0 spiro atoms. The lowest BCUT2D eigenvalue weighted by Gasteiger charge is -2.12. The van der Waals surface area contributed by atoms with Crippen LogP contribution >= 0.6 is 12.2 Å². The molecule has 0 aliphatic carbocycles. The van der Waals surface area contributed by atoms with Gasteiger partial charge in [0.15, 0.2) is 5.11 Å². The molecule has 0 aromatic heterocycles. The largest absolute Gasteiger partial charge is 0.496 e. The van der Waals surface area contributed by atoms with Crippen LogP contribution in [0.15, 0.2) is 36.4 Å². The molecule has 0 unspecified atom stereocenters. The molecule has 4 heteroatoms. The zero-order chi connectivity index (χ0) is 12.7. The Morgan fingerprint density at radius 3 is 2.71 bits per heavy atom. The zero-order valence-corrected chi connectivity index (χ0v) is 11.1. The second-order valence-electron chi connectivity index (χ2n) is 3.81. The van der Waals surface area contributed by atoms with Crippen LogP contribution in [0.3, 0.4) is 0 Å². The van der Waals surface area contributed by atoms with Crippen molar-refractivity contribution in [2.45, 2.75) is 13.5 Å². The van der Waals surface area contributed by atoms with Crippen LogP contribution in [-0.4, -0.2) is 18.8 Å². The van der Waals surface area contributed by atoms with E-state index in [0.29, 0.717) is 18.2 Å². The SMILES string of the molecule is C=C(C)CNC(=S)NCc1ccccc1OC. The number of thiocarbonyl (C=S) groups is 1. The molecule has 0 aliphatic heterocycles. The number of ether oxygens (including phenoxy) is 1. The fraction of sp³-hybridized carbons (Fsp3) is 0.308. The van der Waals surface area contributed by atoms with Crippen molar-refractivity contribution in [2.75, 3.05) is 13.7 Å². The molecule has 1 aromatic carbocycles. The zero-order valence-electron chi connectivity index (χ0n) is 10.2. The van der Waals surface area contributed by atoms with Crippen molar-refractivity contribution < 1.29 is 4.74 Å². The molecule has 17 heavy (non-hydrogen) atoms. The number of hydrogen-bond donors (Lipinski definition) is 2. The fourth-order valence-electron chi connectivity index (χ4n) is 1.32. The van der Waals surface area contributed by atoms with Gasteiger partial charge < -0.3 is 15.4 Å². The Labute approximate surface area is 108 Å². The summed E-state index contributed by atoms with van der Waals surface area (Å²) in [5.41, 5.74) is 2.13. The Kier molecular flexibility index (Phi) is 5.49. The smallest absolute Gasteiger partial charge is 0.166 e. The van der Waals surface area contributed by atoms with Gasteiger partial charge in [-0.25, -0.2) is 0 Å². The average molecular weight is 250 g/mol. The van der Waals surface area contributed by atoms with Gasteiger partial charge in [-0.05, 0) is 25.2 Å². The van der Waals surface area contributed by atoms with Crippen molar-refractivity contribution in [1.82, 2.24) is 10.6 Å². The van der Waals surface area contributed by atoms with E-state index in [1.807, 2.05) is 31.2 Å². The van der Waals surface area contributed by atoms with E-state index in [1.54, 1.807) is 7.11 Å². The van der Waals surface area contributed by atoms with Crippen molar-refractivity contribution in [2.24, 2.45) is 0 Å². The molecule has 0 aliphatic rings. The molecule has 1 aromatic rings. The first-order valence-corrected chi connectivity index (χ1v) is 5.82. The Bertz CT molecular complexity index is 404. The van der Waals surface area contributed by atoms with Gasteiger partial charge in [0.2, 0.25) is 0 Å². The van der Waals surface area contributed by atoms with Crippen LogP contribution in [0.25, 0.3) is 0 Å². The maximum atomic E-state index is 5.26. The third-order valence-corrected chi connectivity index (χ3v) is 2.47. The summed E-state index contributed by atoms with van der Waals surface area (Å²) in [6.07, 6.45) is 0. The lowest BCUT2D eigenvalue weighted by molar-refractivity contribution is 0.409. The van der Waals surface area contributed by atoms with Gasteiger partial charge in [-0.3, -0.25) is 0 Å². The molecule has 0 saturated carbocycles. The molecular formula is C13H18N2OS. The second kappa shape index (κ2) is 6.91. The van der Waals surface area contributed by atoms with Crippen molar-refractivity contribution >= 4 is 17.3 Å². The van der Waals surface area contributed by atoms with Crippen molar-refractivity contribution in [3.63, 3.8) is 0 Å². The Morgan fingerprint density at radius 2 is 2.06 bits per heavy atom. The lowest BCUT2D eigenvalue weighted by Crippen LogP contribution is -2.35. The summed E-state index contributed by atoms with van der Waals surface area (Å²) in [6.45, 7) is 7.09. The molecule has 0 fully saturated rings. The fourth-order valence-corrected chi connectivity index (χ4v) is 1.46. The summed E-state index contributed by atoms with van der Waals surface area (Å²) >= 11 is 5.15. The van der Waals surface area contributed by atoms with Crippen LogP contribution in [0.4, 0.5) is 0 Å². The highest BCUT2D eigenvalue weighted by Gasteiger charge is 2.01. The second-order valence-corrected chi connectivity index (χ2v) is 4.21. The van der Waals surface area contributed by atoms with E-state index in [9.17, 15) is 0 Å². The van der Waals surface area contributed by atoms with E-state index in [2.05, 4.69) is 17.2 Å². The predicted octanol–water partition coefficient (Wildman–Crippen LogP) is 2.24. The van der Waals surface area contributed by atoms with Gasteiger partial charge in [0.1, 0.15) is 5.75 Å². The van der Waals surface area contributed by atoms with E-state index in [-0.39, 0.29) is 0 Å². The van der Waals surface area contributed by atoms with Gasteiger partial charge in [-0.15, -0.1) is 0 Å². The molecular weight excluding hydrogens is 232 g/mol. The van der Waals surface area contributed by atoms with Gasteiger partial charge >= 0.3 is 0 Å². The highest BCUT2D eigenvalue weighted by atomic mass is 32.1. The molecule has 0 amide bonds. The number of benzene rings is 1. The summed E-state index contributed by atoms with van der Waals surface area (Å²) in [7, 11) is 1.66. The minimum absolute atomic E-state index is 0.624. The monoisotopic (exact) mass is 250 g/mol. The Hall–Kier alpha value is -1.55. The van der Waals surface area contributed by atoms with Gasteiger partial charge in [-0.2, -0.15) is 0 Å². The third-order valence-electron chi connectivity index (χ3n) is 2.18. The summed E-state index contributed by atoms with van der Waals surface area (Å²) in [5, 5.41) is 6.82. The van der Waals surface area contributed by atoms with Crippen LogP contribution in [0, 0.1) is 0 Å². The van der Waals surface area contributed by atoms with Crippen molar-refractivity contribution in [3.8, 4) is 5.75 Å². The highest BCUT2D eigenvalue weighted by Crippen LogP contribution is 2.16. The van der Waals surface area contributed by atoms with Gasteiger partial charge in [0, 0.05) is 18.7 Å². The first-order valence-electron chi connectivity index (χ1n) is 5.41. The lowest BCUT2D eigenvalue weighted by atomic mass is 10.2. The molecule has 1 rings (SSSR count). The number of para-hydroxylation sites is 1. The molecule has 0 saturated heterocycles. The van der Waals surface area contributed by atoms with E-state index in [0.717, 1.165) is 16.9 Å². The minimum atomic E-state index is 0.624. The normalized spacial score (nSPS) is 9.53. The van der Waals surface area contributed by atoms with Gasteiger partial charge in [0.25, 0.3) is 0 Å². The van der Waals surface area contributed by atoms with E-state index >= 15 is 0 Å².